The van der Waals surface area contributed by atoms with Crippen molar-refractivity contribution in [1.29, 1.82) is 0 Å². The van der Waals surface area contributed by atoms with Crippen molar-refractivity contribution in [3.8, 4) is 0 Å². The third kappa shape index (κ3) is 1.12. The Labute approximate surface area is 77.5 Å². The van der Waals surface area contributed by atoms with E-state index in [4.69, 9.17) is 4.74 Å². The second kappa shape index (κ2) is 2.61. The zero-order valence-electron chi connectivity index (χ0n) is 7.99. The van der Waals surface area contributed by atoms with Gasteiger partial charge in [-0.1, -0.05) is 13.8 Å². The molecule has 0 spiro atoms. The molecule has 13 heavy (non-hydrogen) atoms. The minimum absolute atomic E-state index is 0.150. The van der Waals surface area contributed by atoms with E-state index >= 15 is 0 Å². The fraction of sp³-hybridized carbons (Fsp3) is 0.889. The smallest absolute Gasteiger partial charge is 0.410 e. The summed E-state index contributed by atoms with van der Waals surface area (Å²) in [6, 6.07) is 0.150. The van der Waals surface area contributed by atoms with Crippen molar-refractivity contribution < 1.29 is 14.6 Å². The number of aliphatic hydroxyl groups is 1. The molecule has 1 N–H and O–H groups in total. The summed E-state index contributed by atoms with van der Waals surface area (Å²) >= 11 is 0. The maximum absolute atomic E-state index is 11.2. The van der Waals surface area contributed by atoms with Crippen molar-refractivity contribution in [2.45, 2.75) is 32.4 Å². The highest BCUT2D eigenvalue weighted by molar-refractivity contribution is 5.70. The standard InChI is InChI=1S/C9H15NO3/c1-9(2)6(5-7(9)11)10-3-4-13-8(10)12/h6-7,11H,3-5H2,1-2H3. The van der Waals surface area contributed by atoms with E-state index in [1.807, 2.05) is 13.8 Å². The zero-order valence-corrected chi connectivity index (χ0v) is 7.99. The summed E-state index contributed by atoms with van der Waals surface area (Å²) in [5, 5.41) is 9.51. The molecular formula is C9H15NO3. The van der Waals surface area contributed by atoms with Gasteiger partial charge in [-0.05, 0) is 6.42 Å². The van der Waals surface area contributed by atoms with Crippen molar-refractivity contribution in [2.24, 2.45) is 5.41 Å². The average molecular weight is 185 g/mol. The van der Waals surface area contributed by atoms with Gasteiger partial charge in [0.25, 0.3) is 0 Å². The third-order valence-corrected chi connectivity index (χ3v) is 3.33. The van der Waals surface area contributed by atoms with Crippen LogP contribution in [0.5, 0.6) is 0 Å². The van der Waals surface area contributed by atoms with Crippen molar-refractivity contribution in [2.75, 3.05) is 13.2 Å². The van der Waals surface area contributed by atoms with E-state index in [2.05, 4.69) is 0 Å². The molecule has 2 rings (SSSR count). The molecule has 0 bridgehead atoms. The monoisotopic (exact) mass is 185 g/mol. The maximum atomic E-state index is 11.2. The molecule has 4 nitrogen and oxygen atoms in total. The van der Waals surface area contributed by atoms with E-state index in [0.717, 1.165) is 0 Å². The van der Waals surface area contributed by atoms with Crippen molar-refractivity contribution in [3.63, 3.8) is 0 Å². The maximum Gasteiger partial charge on any atom is 0.410 e. The first-order chi connectivity index (χ1) is 6.03. The summed E-state index contributed by atoms with van der Waals surface area (Å²) in [6.07, 6.45) is 0.165. The Hall–Kier alpha value is -0.770. The summed E-state index contributed by atoms with van der Waals surface area (Å²) < 4.78 is 4.86. The molecule has 1 saturated carbocycles. The Balaban J connectivity index is 2.07. The fourth-order valence-electron chi connectivity index (χ4n) is 2.10. The first-order valence-corrected chi connectivity index (χ1v) is 4.65. The van der Waals surface area contributed by atoms with Gasteiger partial charge in [-0.15, -0.1) is 0 Å². The van der Waals surface area contributed by atoms with Gasteiger partial charge in [0.2, 0.25) is 0 Å². The molecule has 2 aliphatic rings. The van der Waals surface area contributed by atoms with Crippen LogP contribution in [0.1, 0.15) is 20.3 Å². The van der Waals surface area contributed by atoms with Gasteiger partial charge in [-0.2, -0.15) is 0 Å². The van der Waals surface area contributed by atoms with E-state index in [0.29, 0.717) is 19.6 Å². The molecule has 74 valence electrons. The van der Waals surface area contributed by atoms with Crippen LogP contribution in [0.2, 0.25) is 0 Å². The largest absolute Gasteiger partial charge is 0.448 e. The number of carbonyl (C=O) groups is 1. The van der Waals surface area contributed by atoms with Crippen molar-refractivity contribution >= 4 is 6.09 Å². The van der Waals surface area contributed by atoms with Gasteiger partial charge in [-0.25, -0.2) is 4.79 Å². The predicted molar refractivity (Wildman–Crippen MR) is 46.2 cm³/mol. The molecule has 1 aliphatic heterocycles. The summed E-state index contributed by atoms with van der Waals surface area (Å²) in [5.41, 5.74) is -0.177. The van der Waals surface area contributed by atoms with Crippen LogP contribution in [0, 0.1) is 5.41 Å². The molecule has 0 aromatic heterocycles. The Morgan fingerprint density at radius 1 is 1.62 bits per heavy atom. The quantitative estimate of drug-likeness (QED) is 0.650. The number of hydrogen-bond acceptors (Lipinski definition) is 3. The van der Waals surface area contributed by atoms with Gasteiger partial charge in [-0.3, -0.25) is 0 Å². The van der Waals surface area contributed by atoms with E-state index < -0.39 is 0 Å². The van der Waals surface area contributed by atoms with E-state index in [1.54, 1.807) is 4.90 Å². The Kier molecular flexibility index (Phi) is 1.77. The van der Waals surface area contributed by atoms with Crippen LogP contribution in [0.3, 0.4) is 0 Å². The topological polar surface area (TPSA) is 49.8 Å². The van der Waals surface area contributed by atoms with Crippen LogP contribution >= 0.6 is 0 Å². The van der Waals surface area contributed by atoms with Crippen LogP contribution in [-0.4, -0.2) is 41.4 Å². The van der Waals surface area contributed by atoms with Crippen LogP contribution < -0.4 is 0 Å². The predicted octanol–water partition coefficient (Wildman–Crippen LogP) is 0.598. The number of rotatable bonds is 1. The summed E-state index contributed by atoms with van der Waals surface area (Å²) in [4.78, 5) is 13.0. The molecule has 0 aromatic rings. The molecule has 4 heteroatoms. The first kappa shape index (κ1) is 8.81. The highest BCUT2D eigenvalue weighted by Gasteiger charge is 2.52. The SMILES string of the molecule is CC1(C)C(O)CC1N1CCOC1=O. The molecule has 2 atom stereocenters. The number of cyclic esters (lactones) is 1. The van der Waals surface area contributed by atoms with Gasteiger partial charge >= 0.3 is 6.09 Å². The van der Waals surface area contributed by atoms with E-state index in [1.165, 1.54) is 0 Å². The minimum Gasteiger partial charge on any atom is -0.448 e. The van der Waals surface area contributed by atoms with Gasteiger partial charge in [0, 0.05) is 11.5 Å². The third-order valence-electron chi connectivity index (χ3n) is 3.33. The molecule has 0 radical (unpaired) electrons. The summed E-state index contributed by atoms with van der Waals surface area (Å²) in [6.45, 7) is 5.12. The van der Waals surface area contributed by atoms with Gasteiger partial charge in [0.05, 0.1) is 12.6 Å². The zero-order chi connectivity index (χ0) is 9.64. The summed E-state index contributed by atoms with van der Waals surface area (Å²) in [5.74, 6) is 0. The number of aliphatic hydroxyl groups excluding tert-OH is 1. The van der Waals surface area contributed by atoms with Crippen LogP contribution in [0.15, 0.2) is 0 Å². The van der Waals surface area contributed by atoms with E-state index in [-0.39, 0.29) is 23.7 Å². The van der Waals surface area contributed by atoms with Gasteiger partial charge < -0.3 is 14.7 Å². The number of amides is 1. The molecule has 2 fully saturated rings. The van der Waals surface area contributed by atoms with Crippen LogP contribution in [0.25, 0.3) is 0 Å². The lowest BCUT2D eigenvalue weighted by molar-refractivity contribution is -0.104. The second-order valence-corrected chi connectivity index (χ2v) is 4.40. The Morgan fingerprint density at radius 2 is 2.31 bits per heavy atom. The normalized spacial score (nSPS) is 37.2. The Bertz CT molecular complexity index is 239. The van der Waals surface area contributed by atoms with Crippen molar-refractivity contribution in [1.82, 2.24) is 4.90 Å². The molecule has 1 amide bonds. The number of nitrogens with zero attached hydrogens (tertiary/aromatic N) is 1. The highest BCUT2D eigenvalue weighted by Crippen LogP contribution is 2.44. The lowest BCUT2D eigenvalue weighted by Gasteiger charge is -2.52. The minimum atomic E-state index is -0.286. The lowest BCUT2D eigenvalue weighted by atomic mass is 9.64. The molecule has 1 aliphatic carbocycles. The lowest BCUT2D eigenvalue weighted by Crippen LogP contribution is -2.61. The van der Waals surface area contributed by atoms with Crippen LogP contribution in [-0.2, 0) is 4.74 Å². The fourth-order valence-corrected chi connectivity index (χ4v) is 2.10. The molecular weight excluding hydrogens is 170 g/mol. The van der Waals surface area contributed by atoms with Gasteiger partial charge in [0.1, 0.15) is 6.61 Å². The van der Waals surface area contributed by atoms with Crippen molar-refractivity contribution in [3.05, 3.63) is 0 Å². The first-order valence-electron chi connectivity index (χ1n) is 4.65. The molecule has 1 saturated heterocycles. The number of ether oxygens (including phenoxy) is 1. The highest BCUT2D eigenvalue weighted by atomic mass is 16.6. The van der Waals surface area contributed by atoms with Crippen LogP contribution in [0.4, 0.5) is 4.79 Å². The molecule has 1 heterocycles. The van der Waals surface area contributed by atoms with Gasteiger partial charge in [0.15, 0.2) is 0 Å². The average Bonchev–Trinajstić information content (AvgIpc) is 2.47. The number of carbonyl (C=O) groups excluding carboxylic acids is 1. The second-order valence-electron chi connectivity index (χ2n) is 4.40. The van der Waals surface area contributed by atoms with E-state index in [9.17, 15) is 9.90 Å². The number of hydrogen-bond donors (Lipinski definition) is 1. The molecule has 0 aromatic carbocycles. The molecule has 2 unspecified atom stereocenters. The Morgan fingerprint density at radius 3 is 2.69 bits per heavy atom. The summed E-state index contributed by atoms with van der Waals surface area (Å²) in [7, 11) is 0.